The van der Waals surface area contributed by atoms with Crippen LogP contribution < -0.4 is 14.8 Å². The average Bonchev–Trinajstić information content (AvgIpc) is 2.55. The zero-order chi connectivity index (χ0) is 15.2. The second-order valence-electron chi connectivity index (χ2n) is 4.69. The largest absolute Gasteiger partial charge is 0.497 e. The lowest BCUT2D eigenvalue weighted by Gasteiger charge is -2.15. The Hall–Kier alpha value is -2.49. The fraction of sp³-hybridized carbons (Fsp3) is 0.235. The fourth-order valence-corrected chi connectivity index (χ4v) is 2.04. The fourth-order valence-electron chi connectivity index (χ4n) is 2.04. The van der Waals surface area contributed by atoms with E-state index in [4.69, 9.17) is 9.47 Å². The Kier molecular flexibility index (Phi) is 4.82. The molecule has 1 atom stereocenters. The molecular formula is C17H19NO3. The molecule has 4 nitrogen and oxygen atoms in total. The Balaban J connectivity index is 2.16. The highest BCUT2D eigenvalue weighted by Crippen LogP contribution is 2.30. The standard InChI is InChI=1S/C17H19NO3/c1-12(13-7-5-4-6-8-13)17(19)18-15-10-9-14(20-2)11-16(15)21-3/h4-12H,1-3H3,(H,18,19)/t12-/m0/s1. The third-order valence-electron chi connectivity index (χ3n) is 3.36. The molecule has 1 N–H and O–H groups in total. The number of hydrogen-bond donors (Lipinski definition) is 1. The minimum atomic E-state index is -0.238. The van der Waals surface area contributed by atoms with Gasteiger partial charge in [0.05, 0.1) is 25.8 Å². The predicted molar refractivity (Wildman–Crippen MR) is 83.0 cm³/mol. The van der Waals surface area contributed by atoms with E-state index in [0.717, 1.165) is 5.56 Å². The van der Waals surface area contributed by atoms with Crippen LogP contribution in [0.3, 0.4) is 0 Å². The summed E-state index contributed by atoms with van der Waals surface area (Å²) in [4.78, 5) is 12.3. The van der Waals surface area contributed by atoms with Gasteiger partial charge >= 0.3 is 0 Å². The van der Waals surface area contributed by atoms with Crippen molar-refractivity contribution in [2.24, 2.45) is 0 Å². The van der Waals surface area contributed by atoms with Crippen LogP contribution in [0.15, 0.2) is 48.5 Å². The molecule has 0 heterocycles. The molecule has 1 amide bonds. The number of rotatable bonds is 5. The minimum absolute atomic E-state index is 0.0790. The second-order valence-corrected chi connectivity index (χ2v) is 4.69. The van der Waals surface area contributed by atoms with Gasteiger partial charge in [0.25, 0.3) is 0 Å². The lowest BCUT2D eigenvalue weighted by atomic mass is 10.0. The number of nitrogens with one attached hydrogen (secondary N) is 1. The molecule has 4 heteroatoms. The molecule has 0 aliphatic heterocycles. The van der Waals surface area contributed by atoms with Crippen LogP contribution in [0, 0.1) is 0 Å². The Bertz CT molecular complexity index is 611. The van der Waals surface area contributed by atoms with E-state index in [1.165, 1.54) is 0 Å². The van der Waals surface area contributed by atoms with Gasteiger partial charge in [-0.05, 0) is 24.6 Å². The van der Waals surface area contributed by atoms with Gasteiger partial charge in [0.15, 0.2) is 0 Å². The highest BCUT2D eigenvalue weighted by Gasteiger charge is 2.16. The van der Waals surface area contributed by atoms with E-state index < -0.39 is 0 Å². The van der Waals surface area contributed by atoms with E-state index in [0.29, 0.717) is 17.2 Å². The number of benzene rings is 2. The Morgan fingerprint density at radius 1 is 1.05 bits per heavy atom. The summed E-state index contributed by atoms with van der Waals surface area (Å²) in [7, 11) is 3.15. The molecular weight excluding hydrogens is 266 g/mol. The number of amides is 1. The summed E-state index contributed by atoms with van der Waals surface area (Å²) < 4.78 is 10.4. The van der Waals surface area contributed by atoms with E-state index in [9.17, 15) is 4.79 Å². The van der Waals surface area contributed by atoms with Gasteiger partial charge in [-0.15, -0.1) is 0 Å². The number of methoxy groups -OCH3 is 2. The van der Waals surface area contributed by atoms with Crippen LogP contribution in [0.1, 0.15) is 18.4 Å². The van der Waals surface area contributed by atoms with Crippen molar-refractivity contribution in [1.29, 1.82) is 0 Å². The molecule has 0 bridgehead atoms. The quantitative estimate of drug-likeness (QED) is 0.915. The molecule has 0 spiro atoms. The maximum Gasteiger partial charge on any atom is 0.231 e. The molecule has 0 unspecified atom stereocenters. The van der Waals surface area contributed by atoms with Crippen LogP contribution in [0.5, 0.6) is 11.5 Å². The van der Waals surface area contributed by atoms with Crippen molar-refractivity contribution in [1.82, 2.24) is 0 Å². The summed E-state index contributed by atoms with van der Waals surface area (Å²) in [6.45, 7) is 1.88. The molecule has 21 heavy (non-hydrogen) atoms. The van der Waals surface area contributed by atoms with E-state index in [-0.39, 0.29) is 11.8 Å². The SMILES string of the molecule is COc1ccc(NC(=O)[C@@H](C)c2ccccc2)c(OC)c1. The molecule has 0 saturated heterocycles. The maximum atomic E-state index is 12.3. The predicted octanol–water partition coefficient (Wildman–Crippen LogP) is 3.45. The molecule has 0 saturated carbocycles. The molecule has 110 valence electrons. The smallest absolute Gasteiger partial charge is 0.231 e. The molecule has 2 aromatic rings. The molecule has 0 radical (unpaired) electrons. The second kappa shape index (κ2) is 6.79. The first-order chi connectivity index (χ1) is 10.2. The average molecular weight is 285 g/mol. The summed E-state index contributed by atoms with van der Waals surface area (Å²) in [5.74, 6) is 0.937. The Labute approximate surface area is 124 Å². The third-order valence-corrected chi connectivity index (χ3v) is 3.36. The van der Waals surface area contributed by atoms with Crippen molar-refractivity contribution in [2.75, 3.05) is 19.5 Å². The van der Waals surface area contributed by atoms with Crippen LogP contribution in [0.2, 0.25) is 0 Å². The van der Waals surface area contributed by atoms with E-state index in [1.807, 2.05) is 37.3 Å². The van der Waals surface area contributed by atoms with Gasteiger partial charge in [0.1, 0.15) is 11.5 Å². The van der Waals surface area contributed by atoms with E-state index in [1.54, 1.807) is 32.4 Å². The van der Waals surface area contributed by atoms with Crippen LogP contribution >= 0.6 is 0 Å². The number of hydrogen-bond acceptors (Lipinski definition) is 3. The van der Waals surface area contributed by atoms with Gasteiger partial charge in [0, 0.05) is 6.07 Å². The summed E-state index contributed by atoms with van der Waals surface area (Å²) in [5.41, 5.74) is 1.61. The van der Waals surface area contributed by atoms with Crippen molar-refractivity contribution in [2.45, 2.75) is 12.8 Å². The van der Waals surface area contributed by atoms with Crippen molar-refractivity contribution in [3.63, 3.8) is 0 Å². The van der Waals surface area contributed by atoms with Crippen LogP contribution in [-0.4, -0.2) is 20.1 Å². The van der Waals surface area contributed by atoms with Gasteiger partial charge in [0.2, 0.25) is 5.91 Å². The monoisotopic (exact) mass is 285 g/mol. The normalized spacial score (nSPS) is 11.6. The van der Waals surface area contributed by atoms with Crippen molar-refractivity contribution < 1.29 is 14.3 Å². The highest BCUT2D eigenvalue weighted by molar-refractivity contribution is 5.96. The molecule has 0 fully saturated rings. The van der Waals surface area contributed by atoms with Crippen molar-refractivity contribution in [3.05, 3.63) is 54.1 Å². The zero-order valence-electron chi connectivity index (χ0n) is 12.4. The van der Waals surface area contributed by atoms with Crippen LogP contribution in [-0.2, 0) is 4.79 Å². The number of carbonyl (C=O) groups excluding carboxylic acids is 1. The molecule has 0 aliphatic rings. The molecule has 2 aromatic carbocycles. The van der Waals surface area contributed by atoms with Crippen LogP contribution in [0.25, 0.3) is 0 Å². The molecule has 0 aromatic heterocycles. The number of ether oxygens (including phenoxy) is 2. The van der Waals surface area contributed by atoms with Gasteiger partial charge in [-0.2, -0.15) is 0 Å². The van der Waals surface area contributed by atoms with E-state index >= 15 is 0 Å². The Morgan fingerprint density at radius 3 is 2.38 bits per heavy atom. The van der Waals surface area contributed by atoms with E-state index in [2.05, 4.69) is 5.32 Å². The minimum Gasteiger partial charge on any atom is -0.497 e. The first-order valence-corrected chi connectivity index (χ1v) is 6.73. The first-order valence-electron chi connectivity index (χ1n) is 6.73. The topological polar surface area (TPSA) is 47.6 Å². The summed E-state index contributed by atoms with van der Waals surface area (Å²) in [5, 5.41) is 2.89. The van der Waals surface area contributed by atoms with Gasteiger partial charge in [-0.1, -0.05) is 30.3 Å². The Morgan fingerprint density at radius 2 is 1.76 bits per heavy atom. The van der Waals surface area contributed by atoms with Crippen molar-refractivity contribution >= 4 is 11.6 Å². The lowest BCUT2D eigenvalue weighted by molar-refractivity contribution is -0.117. The molecule has 2 rings (SSSR count). The lowest BCUT2D eigenvalue weighted by Crippen LogP contribution is -2.19. The zero-order valence-corrected chi connectivity index (χ0v) is 12.4. The van der Waals surface area contributed by atoms with Gasteiger partial charge in [-0.25, -0.2) is 0 Å². The third kappa shape index (κ3) is 3.54. The highest BCUT2D eigenvalue weighted by atomic mass is 16.5. The van der Waals surface area contributed by atoms with Crippen molar-refractivity contribution in [3.8, 4) is 11.5 Å². The van der Waals surface area contributed by atoms with Crippen LogP contribution in [0.4, 0.5) is 5.69 Å². The summed E-state index contributed by atoms with van der Waals surface area (Å²) in [6.07, 6.45) is 0. The summed E-state index contributed by atoms with van der Waals surface area (Å²) >= 11 is 0. The van der Waals surface area contributed by atoms with Gasteiger partial charge in [-0.3, -0.25) is 4.79 Å². The first kappa shape index (κ1) is 14.9. The summed E-state index contributed by atoms with van der Waals surface area (Å²) in [6, 6.07) is 15.0. The van der Waals surface area contributed by atoms with Gasteiger partial charge < -0.3 is 14.8 Å². The number of anilines is 1. The maximum absolute atomic E-state index is 12.3. The number of carbonyl (C=O) groups is 1. The molecule has 0 aliphatic carbocycles.